The van der Waals surface area contributed by atoms with Gasteiger partial charge in [-0.1, -0.05) is 26.0 Å². The van der Waals surface area contributed by atoms with Gasteiger partial charge in [-0.25, -0.2) is 14.4 Å². The first kappa shape index (κ1) is 18.0. The Balaban J connectivity index is 1.70. The van der Waals surface area contributed by atoms with Crippen LogP contribution >= 0.6 is 0 Å². The fraction of sp³-hybridized carbons (Fsp3) is 0.500. The number of nitrogens with zero attached hydrogens (tertiary/aromatic N) is 3. The first-order valence-electron chi connectivity index (χ1n) is 8.99. The highest BCUT2D eigenvalue weighted by Crippen LogP contribution is 2.18. The van der Waals surface area contributed by atoms with E-state index < -0.39 is 0 Å². The molecule has 1 fully saturated rings. The molecule has 0 amide bonds. The van der Waals surface area contributed by atoms with Crippen molar-refractivity contribution < 1.29 is 9.13 Å². The van der Waals surface area contributed by atoms with Crippen molar-refractivity contribution in [2.24, 2.45) is 0 Å². The Bertz CT molecular complexity index is 669. The summed E-state index contributed by atoms with van der Waals surface area (Å²) in [4.78, 5) is 11.2. The van der Waals surface area contributed by atoms with E-state index in [1.54, 1.807) is 12.1 Å². The molecule has 0 spiro atoms. The van der Waals surface area contributed by atoms with Gasteiger partial charge in [0.1, 0.15) is 11.6 Å². The van der Waals surface area contributed by atoms with Crippen LogP contribution in [-0.4, -0.2) is 34.1 Å². The zero-order chi connectivity index (χ0) is 17.6. The van der Waals surface area contributed by atoms with E-state index in [1.807, 2.05) is 18.5 Å². The Morgan fingerprint density at radius 3 is 2.60 bits per heavy atom. The number of halogens is 1. The van der Waals surface area contributed by atoms with Gasteiger partial charge >= 0.3 is 0 Å². The van der Waals surface area contributed by atoms with Gasteiger partial charge in [0.25, 0.3) is 0 Å². The second-order valence-corrected chi connectivity index (χ2v) is 7.04. The van der Waals surface area contributed by atoms with Crippen molar-refractivity contribution >= 4 is 0 Å². The molecule has 0 N–H and O–H groups in total. The third-order valence-electron chi connectivity index (χ3n) is 4.43. The molecule has 1 atom stereocenters. The quantitative estimate of drug-likeness (QED) is 0.764. The topological polar surface area (TPSA) is 38.2 Å². The van der Waals surface area contributed by atoms with Gasteiger partial charge in [-0.3, -0.25) is 4.90 Å². The molecule has 1 saturated heterocycles. The first-order chi connectivity index (χ1) is 12.1. The number of benzene rings is 1. The highest BCUT2D eigenvalue weighted by Gasteiger charge is 2.20. The van der Waals surface area contributed by atoms with Crippen molar-refractivity contribution in [1.29, 1.82) is 0 Å². The number of hydrogen-bond acceptors (Lipinski definition) is 4. The van der Waals surface area contributed by atoms with Gasteiger partial charge in [-0.15, -0.1) is 0 Å². The van der Waals surface area contributed by atoms with E-state index in [9.17, 15) is 4.39 Å². The predicted molar refractivity (Wildman–Crippen MR) is 95.6 cm³/mol. The largest absolute Gasteiger partial charge is 0.377 e. The zero-order valence-corrected chi connectivity index (χ0v) is 15.0. The molecule has 134 valence electrons. The van der Waals surface area contributed by atoms with Crippen LogP contribution in [0, 0.1) is 5.82 Å². The number of aromatic nitrogens is 2. The second kappa shape index (κ2) is 8.50. The van der Waals surface area contributed by atoms with Crippen LogP contribution in [0.4, 0.5) is 4.39 Å². The lowest BCUT2D eigenvalue weighted by atomic mass is 10.1. The Morgan fingerprint density at radius 1 is 1.20 bits per heavy atom. The minimum absolute atomic E-state index is 0.195. The monoisotopic (exact) mass is 343 g/mol. The first-order valence-corrected chi connectivity index (χ1v) is 8.99. The Kier molecular flexibility index (Phi) is 6.10. The number of hydrogen-bond donors (Lipinski definition) is 0. The Labute approximate surface area is 149 Å². The molecule has 1 aromatic heterocycles. The van der Waals surface area contributed by atoms with Crippen LogP contribution in [0.1, 0.15) is 49.6 Å². The number of ether oxygens (including phenoxy) is 1. The molecule has 4 nitrogen and oxygen atoms in total. The summed E-state index contributed by atoms with van der Waals surface area (Å²) in [5.41, 5.74) is 2.04. The highest BCUT2D eigenvalue weighted by molar-refractivity contribution is 5.16. The molecule has 5 heteroatoms. The lowest BCUT2D eigenvalue weighted by molar-refractivity contribution is 0.0678. The fourth-order valence-corrected chi connectivity index (χ4v) is 3.16. The van der Waals surface area contributed by atoms with Gasteiger partial charge in [0.05, 0.1) is 6.10 Å². The van der Waals surface area contributed by atoms with E-state index in [0.717, 1.165) is 49.5 Å². The Morgan fingerprint density at radius 2 is 1.96 bits per heavy atom. The summed E-state index contributed by atoms with van der Waals surface area (Å²) in [6.45, 7) is 7.26. The van der Waals surface area contributed by atoms with Gasteiger partial charge < -0.3 is 4.74 Å². The van der Waals surface area contributed by atoms with E-state index in [0.29, 0.717) is 12.5 Å². The van der Waals surface area contributed by atoms with E-state index in [2.05, 4.69) is 28.7 Å². The maximum atomic E-state index is 13.5. The molecular weight excluding hydrogens is 317 g/mol. The Hall–Kier alpha value is -1.85. The summed E-state index contributed by atoms with van der Waals surface area (Å²) in [6, 6.07) is 6.80. The smallest absolute Gasteiger partial charge is 0.130 e. The van der Waals surface area contributed by atoms with Gasteiger partial charge in [0.2, 0.25) is 0 Å². The molecular formula is C20H26FN3O. The average Bonchev–Trinajstić information content (AvgIpc) is 3.08. The van der Waals surface area contributed by atoms with E-state index >= 15 is 0 Å². The summed E-state index contributed by atoms with van der Waals surface area (Å²) < 4.78 is 19.3. The van der Waals surface area contributed by atoms with Crippen LogP contribution in [0.15, 0.2) is 36.7 Å². The SMILES string of the molecule is CC(C)c1ncc(CN(Cc2cccc(F)c2)CC2CCCO2)cn1. The minimum Gasteiger partial charge on any atom is -0.377 e. The van der Waals surface area contributed by atoms with Crippen LogP contribution in [-0.2, 0) is 17.8 Å². The van der Waals surface area contributed by atoms with Crippen LogP contribution in [0.3, 0.4) is 0 Å². The second-order valence-electron chi connectivity index (χ2n) is 7.04. The highest BCUT2D eigenvalue weighted by atomic mass is 19.1. The third-order valence-corrected chi connectivity index (χ3v) is 4.43. The van der Waals surface area contributed by atoms with Crippen LogP contribution < -0.4 is 0 Å². The van der Waals surface area contributed by atoms with Crippen molar-refractivity contribution in [2.75, 3.05) is 13.2 Å². The molecule has 25 heavy (non-hydrogen) atoms. The summed E-state index contributed by atoms with van der Waals surface area (Å²) in [7, 11) is 0. The molecule has 0 bridgehead atoms. The molecule has 2 aromatic rings. The van der Waals surface area contributed by atoms with Crippen molar-refractivity contribution in [3.8, 4) is 0 Å². The van der Waals surface area contributed by atoms with Crippen LogP contribution in [0.2, 0.25) is 0 Å². The predicted octanol–water partition coefficient (Wildman–Crippen LogP) is 3.92. The molecule has 0 saturated carbocycles. The molecule has 1 aliphatic heterocycles. The summed E-state index contributed by atoms with van der Waals surface area (Å²) in [6.07, 6.45) is 6.25. The van der Waals surface area contributed by atoms with Crippen molar-refractivity contribution in [1.82, 2.24) is 14.9 Å². The van der Waals surface area contributed by atoms with Crippen molar-refractivity contribution in [3.63, 3.8) is 0 Å². The molecule has 1 unspecified atom stereocenters. The van der Waals surface area contributed by atoms with E-state index in [-0.39, 0.29) is 11.9 Å². The molecule has 0 aliphatic carbocycles. The molecule has 0 radical (unpaired) electrons. The molecule has 1 aromatic carbocycles. The lowest BCUT2D eigenvalue weighted by Gasteiger charge is -2.25. The fourth-order valence-electron chi connectivity index (χ4n) is 3.16. The van der Waals surface area contributed by atoms with E-state index in [1.165, 1.54) is 6.07 Å². The molecule has 1 aliphatic rings. The van der Waals surface area contributed by atoms with Crippen LogP contribution in [0.5, 0.6) is 0 Å². The third kappa shape index (κ3) is 5.31. The summed E-state index contributed by atoms with van der Waals surface area (Å²) >= 11 is 0. The number of rotatable bonds is 7. The van der Waals surface area contributed by atoms with Crippen molar-refractivity contribution in [2.45, 2.75) is 51.8 Å². The maximum Gasteiger partial charge on any atom is 0.130 e. The zero-order valence-electron chi connectivity index (χ0n) is 15.0. The standard InChI is InChI=1S/C20H26FN3O/c1-15(2)20-22-10-17(11-23-20)13-24(14-19-7-4-8-25-19)12-16-5-3-6-18(21)9-16/h3,5-6,9-11,15,19H,4,7-8,12-14H2,1-2H3. The average molecular weight is 343 g/mol. The van der Waals surface area contributed by atoms with Crippen LogP contribution in [0.25, 0.3) is 0 Å². The maximum absolute atomic E-state index is 13.5. The van der Waals surface area contributed by atoms with Gasteiger partial charge in [0, 0.05) is 50.1 Å². The van der Waals surface area contributed by atoms with Crippen molar-refractivity contribution in [3.05, 3.63) is 59.4 Å². The summed E-state index contributed by atoms with van der Waals surface area (Å²) in [5.74, 6) is 0.989. The van der Waals surface area contributed by atoms with Gasteiger partial charge in [-0.2, -0.15) is 0 Å². The minimum atomic E-state index is -0.195. The van der Waals surface area contributed by atoms with Gasteiger partial charge in [-0.05, 0) is 30.5 Å². The lowest BCUT2D eigenvalue weighted by Crippen LogP contribution is -2.31. The molecule has 3 rings (SSSR count). The molecule has 2 heterocycles. The van der Waals surface area contributed by atoms with E-state index in [4.69, 9.17) is 4.74 Å². The normalized spacial score (nSPS) is 17.6. The summed E-state index contributed by atoms with van der Waals surface area (Å²) in [5, 5.41) is 0. The van der Waals surface area contributed by atoms with Gasteiger partial charge in [0.15, 0.2) is 0 Å².